The number of hydrogen-bond donors (Lipinski definition) is 1. The monoisotopic (exact) mass is 373 g/mol. The lowest BCUT2D eigenvalue weighted by Crippen LogP contribution is -1.76. The number of thiophene rings is 1. The highest BCUT2D eigenvalue weighted by Crippen LogP contribution is 2.41. The molecule has 0 saturated heterocycles. The first-order valence-electron chi connectivity index (χ1n) is 8.90. The molecule has 1 N–H and O–H groups in total. The van der Waals surface area contributed by atoms with Crippen LogP contribution in [0.4, 0.5) is 0 Å². The Morgan fingerprint density at radius 2 is 1.21 bits per heavy atom. The van der Waals surface area contributed by atoms with Gasteiger partial charge >= 0.3 is 0 Å². The molecule has 0 spiro atoms. The Bertz CT molecular complexity index is 1560. The number of rotatable bonds is 0. The molecule has 2 aromatic heterocycles. The predicted octanol–water partition coefficient (Wildman–Crippen LogP) is 6.59. The Kier molecular flexibility index (Phi) is 2.90. The Morgan fingerprint density at radius 3 is 1.96 bits per heavy atom. The summed E-state index contributed by atoms with van der Waals surface area (Å²) in [6.07, 6.45) is 0. The summed E-state index contributed by atoms with van der Waals surface area (Å²) in [7, 11) is 0. The third kappa shape index (κ3) is 1.90. The number of benzene rings is 4. The smallest absolute Gasteiger partial charge is 0.0992 e. The second-order valence-electron chi connectivity index (χ2n) is 6.95. The van der Waals surface area contributed by atoms with Crippen LogP contribution in [0, 0.1) is 22.7 Å². The normalized spacial score (nSPS) is 11.5. The lowest BCUT2D eigenvalue weighted by atomic mass is 10.0. The minimum Gasteiger partial charge on any atom is -0.354 e. The predicted molar refractivity (Wildman–Crippen MR) is 116 cm³/mol. The van der Waals surface area contributed by atoms with E-state index in [0.29, 0.717) is 11.1 Å². The fraction of sp³-hybridized carbons (Fsp3) is 0. The summed E-state index contributed by atoms with van der Waals surface area (Å²) in [5.74, 6) is 0. The van der Waals surface area contributed by atoms with Crippen LogP contribution in [0.3, 0.4) is 0 Å². The van der Waals surface area contributed by atoms with Crippen molar-refractivity contribution >= 4 is 64.1 Å². The summed E-state index contributed by atoms with van der Waals surface area (Å²) in [6, 6.07) is 24.8. The summed E-state index contributed by atoms with van der Waals surface area (Å²) in [4.78, 5) is 3.52. The van der Waals surface area contributed by atoms with E-state index in [-0.39, 0.29) is 0 Å². The van der Waals surface area contributed by atoms with Gasteiger partial charge in [-0.3, -0.25) is 0 Å². The maximum absolute atomic E-state index is 9.20. The van der Waals surface area contributed by atoms with Crippen molar-refractivity contribution < 1.29 is 0 Å². The average molecular weight is 373 g/mol. The highest BCUT2D eigenvalue weighted by molar-refractivity contribution is 7.26. The summed E-state index contributed by atoms with van der Waals surface area (Å²) in [5, 5.41) is 25.5. The largest absolute Gasteiger partial charge is 0.354 e. The zero-order valence-electron chi connectivity index (χ0n) is 14.6. The molecule has 2 heterocycles. The Morgan fingerprint density at radius 1 is 0.643 bits per heavy atom. The third-order valence-corrected chi connectivity index (χ3v) is 6.66. The van der Waals surface area contributed by atoms with Crippen molar-refractivity contribution in [3.05, 3.63) is 71.8 Å². The van der Waals surface area contributed by atoms with Gasteiger partial charge in [-0.2, -0.15) is 10.5 Å². The van der Waals surface area contributed by atoms with Crippen LogP contribution in [0.1, 0.15) is 11.1 Å². The van der Waals surface area contributed by atoms with E-state index in [4.69, 9.17) is 0 Å². The van der Waals surface area contributed by atoms with Crippen molar-refractivity contribution in [2.45, 2.75) is 0 Å². The third-order valence-electron chi connectivity index (χ3n) is 5.46. The van der Waals surface area contributed by atoms with Crippen molar-refractivity contribution in [2.24, 2.45) is 0 Å². The molecule has 0 bridgehead atoms. The van der Waals surface area contributed by atoms with Gasteiger partial charge in [0, 0.05) is 47.2 Å². The number of nitrogens with one attached hydrogen (secondary N) is 1. The molecule has 0 radical (unpaired) electrons. The highest BCUT2D eigenvalue weighted by atomic mass is 32.1. The van der Waals surface area contributed by atoms with E-state index in [9.17, 15) is 10.5 Å². The molecule has 128 valence electrons. The van der Waals surface area contributed by atoms with E-state index < -0.39 is 0 Å². The highest BCUT2D eigenvalue weighted by Gasteiger charge is 2.13. The molecule has 28 heavy (non-hydrogen) atoms. The molecule has 0 aliphatic rings. The number of H-pyrrole nitrogens is 1. The first kappa shape index (κ1) is 15.2. The van der Waals surface area contributed by atoms with Gasteiger partial charge in [0.1, 0.15) is 0 Å². The molecule has 0 fully saturated rings. The number of hydrogen-bond acceptors (Lipinski definition) is 3. The number of nitrogens with zero attached hydrogens (tertiary/aromatic N) is 2. The molecule has 0 saturated carbocycles. The second kappa shape index (κ2) is 5.33. The summed E-state index contributed by atoms with van der Waals surface area (Å²) in [5.41, 5.74) is 3.43. The van der Waals surface area contributed by atoms with Crippen LogP contribution in [0.5, 0.6) is 0 Å². The molecule has 6 aromatic rings. The minimum atomic E-state index is 0.656. The Labute approximate surface area is 163 Å². The van der Waals surface area contributed by atoms with Crippen molar-refractivity contribution in [2.75, 3.05) is 0 Å². The van der Waals surface area contributed by atoms with Gasteiger partial charge in [-0.05, 0) is 24.3 Å². The summed E-state index contributed by atoms with van der Waals surface area (Å²) < 4.78 is 2.37. The molecule has 0 amide bonds. The van der Waals surface area contributed by atoms with E-state index in [2.05, 4.69) is 41.4 Å². The van der Waals surface area contributed by atoms with Crippen LogP contribution in [0.2, 0.25) is 0 Å². The lowest BCUT2D eigenvalue weighted by molar-refractivity contribution is 1.48. The topological polar surface area (TPSA) is 63.4 Å². The maximum Gasteiger partial charge on any atom is 0.0992 e. The maximum atomic E-state index is 9.20. The van der Waals surface area contributed by atoms with E-state index in [1.807, 2.05) is 36.4 Å². The second-order valence-corrected chi connectivity index (χ2v) is 8.00. The van der Waals surface area contributed by atoms with Crippen LogP contribution in [0.25, 0.3) is 52.8 Å². The summed E-state index contributed by atoms with van der Waals surface area (Å²) >= 11 is 1.73. The number of nitriles is 2. The van der Waals surface area contributed by atoms with Crippen LogP contribution < -0.4 is 0 Å². The molecule has 4 aromatic carbocycles. The van der Waals surface area contributed by atoms with Crippen molar-refractivity contribution in [1.29, 1.82) is 10.5 Å². The quantitative estimate of drug-likeness (QED) is 0.326. The van der Waals surface area contributed by atoms with Gasteiger partial charge in [0.05, 0.1) is 28.8 Å². The van der Waals surface area contributed by atoms with Gasteiger partial charge in [-0.25, -0.2) is 0 Å². The van der Waals surface area contributed by atoms with Gasteiger partial charge in [-0.1, -0.05) is 36.4 Å². The van der Waals surface area contributed by atoms with Gasteiger partial charge in [-0.15, -0.1) is 11.3 Å². The van der Waals surface area contributed by atoms with Gasteiger partial charge < -0.3 is 4.98 Å². The fourth-order valence-corrected chi connectivity index (χ4v) is 5.42. The van der Waals surface area contributed by atoms with Gasteiger partial charge in [0.25, 0.3) is 0 Å². The van der Waals surface area contributed by atoms with Crippen molar-refractivity contribution in [1.82, 2.24) is 4.98 Å². The van der Waals surface area contributed by atoms with E-state index in [1.165, 1.54) is 31.6 Å². The van der Waals surface area contributed by atoms with Gasteiger partial charge in [0.2, 0.25) is 0 Å². The van der Waals surface area contributed by atoms with Crippen molar-refractivity contribution in [3.63, 3.8) is 0 Å². The zero-order chi connectivity index (χ0) is 18.8. The molecule has 0 atom stereocenters. The molecular weight excluding hydrogens is 362 g/mol. The number of fused-ring (bicyclic) bond motifs is 9. The standard InChI is InChI=1S/C24H11N3S/c25-11-13-1-3-15-17-5-8-20-18(23(17)27-21(15)9-13)6-7-19-16-4-2-14(12-26)10-22(16)28-24(19)20/h1-10,27H. The average Bonchev–Trinajstić information content (AvgIpc) is 3.30. The summed E-state index contributed by atoms with van der Waals surface area (Å²) in [6.45, 7) is 0. The zero-order valence-corrected chi connectivity index (χ0v) is 15.4. The SMILES string of the molecule is N#Cc1ccc2c(c1)[nH]c1c2ccc2c1ccc1c3ccc(C#N)cc3sc12. The van der Waals surface area contributed by atoms with Crippen LogP contribution >= 0.6 is 11.3 Å². The molecule has 4 heteroatoms. The van der Waals surface area contributed by atoms with E-state index in [1.54, 1.807) is 11.3 Å². The van der Waals surface area contributed by atoms with Crippen LogP contribution in [-0.2, 0) is 0 Å². The van der Waals surface area contributed by atoms with Crippen LogP contribution in [-0.4, -0.2) is 4.98 Å². The fourth-order valence-electron chi connectivity index (χ4n) is 4.15. The van der Waals surface area contributed by atoms with Crippen molar-refractivity contribution in [3.8, 4) is 12.1 Å². The van der Waals surface area contributed by atoms with E-state index >= 15 is 0 Å². The van der Waals surface area contributed by atoms with Crippen LogP contribution in [0.15, 0.2) is 60.7 Å². The lowest BCUT2D eigenvalue weighted by Gasteiger charge is -2.02. The molecule has 0 unspecified atom stereocenters. The molecule has 3 nitrogen and oxygen atoms in total. The number of aromatic amines is 1. The first-order chi connectivity index (χ1) is 13.8. The van der Waals surface area contributed by atoms with E-state index in [0.717, 1.165) is 21.1 Å². The molecular formula is C24H11N3S. The Hall–Kier alpha value is -3.86. The molecule has 0 aliphatic carbocycles. The molecule has 6 rings (SSSR count). The molecule has 0 aliphatic heterocycles. The van der Waals surface area contributed by atoms with Gasteiger partial charge in [0.15, 0.2) is 0 Å². The Balaban J connectivity index is 1.76. The minimum absolute atomic E-state index is 0.656. The number of aromatic nitrogens is 1. The first-order valence-corrected chi connectivity index (χ1v) is 9.72.